The molecule has 4 rings (SSSR count). The molecule has 0 aromatic carbocycles. The molecule has 3 amide bonds. The predicted molar refractivity (Wildman–Crippen MR) is 173 cm³/mol. The van der Waals surface area contributed by atoms with Gasteiger partial charge >= 0.3 is 11.9 Å². The molecule has 0 aliphatic carbocycles. The van der Waals surface area contributed by atoms with Crippen molar-refractivity contribution in [3.05, 3.63) is 23.3 Å². The Morgan fingerprint density at radius 1 is 1.21 bits per heavy atom. The number of carbonyl (C=O) groups is 5. The van der Waals surface area contributed by atoms with Gasteiger partial charge in [-0.05, 0) is 39.8 Å². The molecule has 0 saturated carbocycles. The monoisotopic (exact) mass is 709 g/mol. The minimum Gasteiger partial charge on any atom is -0.478 e. The third-order valence-electron chi connectivity index (χ3n) is 7.59. The van der Waals surface area contributed by atoms with Crippen LogP contribution in [0.15, 0.2) is 22.6 Å². The Hall–Kier alpha value is -4.80. The van der Waals surface area contributed by atoms with E-state index in [1.165, 1.54) is 30.3 Å². The lowest BCUT2D eigenvalue weighted by atomic mass is 10.0. The molecule has 2 aliphatic heterocycles. The summed E-state index contributed by atoms with van der Waals surface area (Å²) in [6.45, 7) is 3.04. The van der Waals surface area contributed by atoms with Crippen LogP contribution >= 0.6 is 23.3 Å². The summed E-state index contributed by atoms with van der Waals surface area (Å²) >= 11 is 1.97. The van der Waals surface area contributed by atoms with Crippen molar-refractivity contribution < 1.29 is 43.7 Å². The average molecular weight is 710 g/mol. The van der Waals surface area contributed by atoms with Gasteiger partial charge in [0.15, 0.2) is 23.2 Å². The van der Waals surface area contributed by atoms with Gasteiger partial charge in [-0.1, -0.05) is 5.16 Å². The number of oxime groups is 1. The Labute approximate surface area is 281 Å². The average Bonchev–Trinajstić information content (AvgIpc) is 3.57. The Balaban J connectivity index is 1.54. The van der Waals surface area contributed by atoms with Crippen LogP contribution in [0, 0.1) is 5.92 Å². The summed E-state index contributed by atoms with van der Waals surface area (Å²) in [5, 5.41) is 27.7. The van der Waals surface area contributed by atoms with E-state index in [1.807, 2.05) is 0 Å². The fourth-order valence-electron chi connectivity index (χ4n) is 4.83. The van der Waals surface area contributed by atoms with Gasteiger partial charge in [0.1, 0.15) is 17.1 Å². The molecule has 0 spiro atoms. The molecular formula is C26H37N12O8S2+. The van der Waals surface area contributed by atoms with E-state index in [2.05, 4.69) is 25.1 Å². The first-order valence-electron chi connectivity index (χ1n) is 14.5. The summed E-state index contributed by atoms with van der Waals surface area (Å²) in [7, 11) is 1.63. The third kappa shape index (κ3) is 7.35. The molecule has 48 heavy (non-hydrogen) atoms. The molecule has 20 nitrogen and oxygen atoms in total. The molecule has 1 saturated heterocycles. The molecule has 2 aromatic heterocycles. The van der Waals surface area contributed by atoms with Crippen molar-refractivity contribution in [2.24, 2.45) is 29.6 Å². The normalized spacial score (nSPS) is 18.0. The minimum absolute atomic E-state index is 0.00442. The molecule has 2 atom stereocenters. The number of aliphatic carboxylic acids is 2. The Kier molecular flexibility index (Phi) is 10.9. The van der Waals surface area contributed by atoms with Gasteiger partial charge in [0.05, 0.1) is 7.05 Å². The number of anilines is 3. The molecule has 0 radical (unpaired) electrons. The summed E-state index contributed by atoms with van der Waals surface area (Å²) in [4.78, 5) is 73.5. The quantitative estimate of drug-likeness (QED) is 0.0414. The second-order valence-electron chi connectivity index (χ2n) is 11.3. The van der Waals surface area contributed by atoms with E-state index < -0.39 is 52.4 Å². The number of nitrogen functional groups attached to an aromatic ring is 2. The van der Waals surface area contributed by atoms with Crippen LogP contribution in [-0.4, -0.2) is 100 Å². The number of carboxylic acid groups (broad SMARTS) is 2. The number of hydrogen-bond acceptors (Lipinski definition) is 15. The maximum Gasteiger partial charge on any atom is 0.352 e. The topological polar surface area (TPSA) is 313 Å². The van der Waals surface area contributed by atoms with Gasteiger partial charge in [-0.15, -0.1) is 21.1 Å². The molecule has 0 unspecified atom stereocenters. The number of amides is 3. The van der Waals surface area contributed by atoms with Gasteiger partial charge < -0.3 is 48.6 Å². The molecule has 1 fully saturated rings. The molecule has 4 heterocycles. The van der Waals surface area contributed by atoms with Crippen LogP contribution in [0.5, 0.6) is 0 Å². The minimum atomic E-state index is -1.82. The van der Waals surface area contributed by atoms with E-state index in [4.69, 9.17) is 27.8 Å². The number of carbonyl (C=O) groups excluding carboxylic acids is 3. The number of nitrogens with two attached hydrogens (primary N) is 4. The van der Waals surface area contributed by atoms with E-state index in [0.29, 0.717) is 37.2 Å². The Bertz CT molecular complexity index is 1680. The predicted octanol–water partition coefficient (Wildman–Crippen LogP) is -2.40. The van der Waals surface area contributed by atoms with Gasteiger partial charge in [0.2, 0.25) is 29.2 Å². The first-order valence-corrected chi connectivity index (χ1v) is 16.3. The maximum atomic E-state index is 13.3. The number of rotatable bonds is 15. The van der Waals surface area contributed by atoms with Crippen LogP contribution in [0.3, 0.4) is 0 Å². The molecular weight excluding hydrogens is 672 g/mol. The SMILES string of the molecule is Cn1c(N)c(NC(=O)C(CCN)CCN)c[n+]1CC1=C(C(=O)O)N2C(=O)[C@@H](NC(=O)/C(=N\OC(C)(C)C(=O)O)c3nsc(N)n3)[C@H]2SC1. The number of β-lactam (4-membered cyclic amide) rings is 1. The van der Waals surface area contributed by atoms with E-state index in [9.17, 15) is 34.2 Å². The van der Waals surface area contributed by atoms with Crippen molar-refractivity contribution in [3.8, 4) is 0 Å². The molecule has 12 N–H and O–H groups in total. The molecule has 2 aliphatic rings. The van der Waals surface area contributed by atoms with Crippen LogP contribution in [-0.2, 0) is 42.4 Å². The second kappa shape index (κ2) is 14.5. The van der Waals surface area contributed by atoms with Crippen molar-refractivity contribution in [1.82, 2.24) is 24.3 Å². The zero-order valence-electron chi connectivity index (χ0n) is 26.2. The lowest BCUT2D eigenvalue weighted by Crippen LogP contribution is -2.71. The molecule has 260 valence electrons. The van der Waals surface area contributed by atoms with Crippen molar-refractivity contribution in [2.45, 2.75) is 50.3 Å². The second-order valence-corrected chi connectivity index (χ2v) is 13.2. The smallest absolute Gasteiger partial charge is 0.352 e. The van der Waals surface area contributed by atoms with Crippen LogP contribution in [0.25, 0.3) is 0 Å². The van der Waals surface area contributed by atoms with E-state index in [0.717, 1.165) is 16.4 Å². The number of fused-ring (bicyclic) bond motifs is 1. The lowest BCUT2D eigenvalue weighted by Gasteiger charge is -2.49. The molecule has 2 aromatic rings. The standard InChI is InChI=1S/C26H36N12O8S2/c1-26(2,24(44)45)46-34-14(18-33-25(30)48-35-18)20(40)32-15-21(41)38-16(23(42)43)12(10-47-22(15)38)8-37-9-13(17(29)36(37)3)31-19(39)11(4-6-27)5-7-28/h9,11,15,22,29H,4-8,10,27-28H2,1-3H3,(H6,30,31,32,33,35,39,40,42,43,44,45)/p+1/b34-14-/t15-,22-/m1/s1. The molecule has 0 bridgehead atoms. The van der Waals surface area contributed by atoms with Gasteiger partial charge in [0, 0.05) is 28.8 Å². The number of nitrogens with zero attached hydrogens (tertiary/aromatic N) is 6. The first-order chi connectivity index (χ1) is 22.6. The van der Waals surface area contributed by atoms with Gasteiger partial charge in [0.25, 0.3) is 11.8 Å². The number of nitrogens with one attached hydrogen (secondary N) is 2. The van der Waals surface area contributed by atoms with E-state index >= 15 is 0 Å². The van der Waals surface area contributed by atoms with E-state index in [1.54, 1.807) is 17.9 Å². The fourth-order valence-corrected chi connectivity index (χ4v) is 6.60. The summed E-state index contributed by atoms with van der Waals surface area (Å²) in [5.41, 5.74) is 21.2. The summed E-state index contributed by atoms with van der Waals surface area (Å²) in [6, 6.07) is -1.16. The van der Waals surface area contributed by atoms with Crippen LogP contribution in [0.1, 0.15) is 32.5 Å². The maximum absolute atomic E-state index is 13.3. The van der Waals surface area contributed by atoms with Crippen molar-refractivity contribution in [1.29, 1.82) is 0 Å². The fraction of sp³-hybridized carbons (Fsp3) is 0.500. The van der Waals surface area contributed by atoms with Crippen LogP contribution in [0.2, 0.25) is 0 Å². The lowest BCUT2D eigenvalue weighted by molar-refractivity contribution is -0.765. The zero-order valence-corrected chi connectivity index (χ0v) is 27.8. The highest BCUT2D eigenvalue weighted by molar-refractivity contribution is 8.00. The number of aromatic nitrogens is 4. The summed E-state index contributed by atoms with van der Waals surface area (Å²) in [5.74, 6) is -4.97. The van der Waals surface area contributed by atoms with Crippen molar-refractivity contribution in [3.63, 3.8) is 0 Å². The largest absolute Gasteiger partial charge is 0.478 e. The van der Waals surface area contributed by atoms with Crippen molar-refractivity contribution >= 4 is 75.3 Å². The highest BCUT2D eigenvalue weighted by atomic mass is 32.2. The summed E-state index contributed by atoms with van der Waals surface area (Å²) in [6.07, 6.45) is 2.44. The summed E-state index contributed by atoms with van der Waals surface area (Å²) < 4.78 is 7.07. The van der Waals surface area contributed by atoms with Crippen LogP contribution in [0.4, 0.5) is 16.6 Å². The van der Waals surface area contributed by atoms with E-state index in [-0.39, 0.29) is 40.7 Å². The van der Waals surface area contributed by atoms with Gasteiger partial charge in [-0.25, -0.2) is 9.59 Å². The zero-order chi connectivity index (χ0) is 35.5. The van der Waals surface area contributed by atoms with Gasteiger partial charge in [-0.2, -0.15) is 9.36 Å². The highest BCUT2D eigenvalue weighted by Gasteiger charge is 2.55. The van der Waals surface area contributed by atoms with Gasteiger partial charge in [-0.3, -0.25) is 19.3 Å². The van der Waals surface area contributed by atoms with Crippen molar-refractivity contribution in [2.75, 3.05) is 35.6 Å². The highest BCUT2D eigenvalue weighted by Crippen LogP contribution is 2.40. The number of carboxylic acids is 2. The number of thioether (sulfide) groups is 1. The Morgan fingerprint density at radius 2 is 1.88 bits per heavy atom. The third-order valence-corrected chi connectivity index (χ3v) is 9.47. The number of hydrogen-bond donors (Lipinski definition) is 8. The Morgan fingerprint density at radius 3 is 2.44 bits per heavy atom. The first kappa shape index (κ1) is 36.0. The molecule has 22 heteroatoms. The van der Waals surface area contributed by atoms with Crippen LogP contribution < -0.4 is 38.3 Å².